The van der Waals surface area contributed by atoms with Crippen LogP contribution in [0.1, 0.15) is 44.9 Å². The van der Waals surface area contributed by atoms with Crippen LogP contribution in [0.2, 0.25) is 0 Å². The van der Waals surface area contributed by atoms with Gasteiger partial charge in [-0.3, -0.25) is 4.21 Å². The number of aliphatic hydroxyl groups excluding tert-OH is 1. The van der Waals surface area contributed by atoms with Crippen LogP contribution in [-0.4, -0.2) is 31.7 Å². The zero-order chi connectivity index (χ0) is 14.2. The topological polar surface area (TPSA) is 60.4 Å². The number of rotatable bonds is 10. The van der Waals surface area contributed by atoms with Gasteiger partial charge in [-0.15, -0.1) is 0 Å². The van der Waals surface area contributed by atoms with Crippen LogP contribution in [0.3, 0.4) is 0 Å². The molecule has 0 bridgehead atoms. The van der Waals surface area contributed by atoms with Gasteiger partial charge < -0.3 is 9.66 Å². The summed E-state index contributed by atoms with van der Waals surface area (Å²) in [5.74, 6) is -4.52. The van der Waals surface area contributed by atoms with Crippen LogP contribution in [-0.2, 0) is 11.1 Å². The lowest BCUT2D eigenvalue weighted by Gasteiger charge is -2.27. The van der Waals surface area contributed by atoms with Gasteiger partial charge in [-0.25, -0.2) is 0 Å². The van der Waals surface area contributed by atoms with Crippen molar-refractivity contribution in [2.45, 2.75) is 56.1 Å². The second-order valence-corrected chi connectivity index (χ2v) is 5.03. The molecule has 0 saturated carbocycles. The van der Waals surface area contributed by atoms with Crippen LogP contribution >= 0.6 is 0 Å². The predicted molar refractivity (Wildman–Crippen MR) is 58.2 cm³/mol. The van der Waals surface area contributed by atoms with Crippen molar-refractivity contribution >= 4 is 11.1 Å². The minimum Gasteiger partial charge on any atom is -0.768 e. The van der Waals surface area contributed by atoms with Gasteiger partial charge in [0.2, 0.25) is 0 Å². The molecule has 1 unspecified atom stereocenters. The van der Waals surface area contributed by atoms with Crippen molar-refractivity contribution in [2.24, 2.45) is 0 Å². The Morgan fingerprint density at radius 2 is 1.39 bits per heavy atom. The Balaban J connectivity index is 3.88. The van der Waals surface area contributed by atoms with E-state index in [-0.39, 0.29) is 13.0 Å². The smallest absolute Gasteiger partial charge is 0.371 e. The summed E-state index contributed by atoms with van der Waals surface area (Å²) in [5, 5.41) is 3.47. The first-order valence-electron chi connectivity index (χ1n) is 5.71. The van der Waals surface area contributed by atoms with E-state index >= 15 is 0 Å². The monoisotopic (exact) mass is 293 g/mol. The Hall–Kier alpha value is -0.210. The molecule has 1 N–H and O–H groups in total. The van der Waals surface area contributed by atoms with Crippen molar-refractivity contribution in [1.29, 1.82) is 0 Å². The van der Waals surface area contributed by atoms with Gasteiger partial charge in [0.1, 0.15) is 0 Å². The Morgan fingerprint density at radius 1 is 0.944 bits per heavy atom. The summed E-state index contributed by atoms with van der Waals surface area (Å²) in [5.41, 5.74) is 0. The third-order valence-corrected chi connectivity index (χ3v) is 3.25. The van der Waals surface area contributed by atoms with Gasteiger partial charge in [-0.1, -0.05) is 25.7 Å². The maximum absolute atomic E-state index is 12.9. The molecular formula is C10H17F4O3S-. The molecule has 110 valence electrons. The molecule has 0 saturated heterocycles. The molecule has 0 aliphatic carbocycles. The first-order valence-corrected chi connectivity index (χ1v) is 6.79. The molecule has 1 atom stereocenters. The quantitative estimate of drug-likeness (QED) is 0.383. The summed E-state index contributed by atoms with van der Waals surface area (Å²) in [7, 11) is 0. The predicted octanol–water partition coefficient (Wildman–Crippen LogP) is 2.82. The fourth-order valence-electron chi connectivity index (χ4n) is 1.43. The number of hydrogen-bond donors (Lipinski definition) is 1. The lowest BCUT2D eigenvalue weighted by molar-refractivity contribution is -0.162. The largest absolute Gasteiger partial charge is 0.768 e. The molecule has 0 heterocycles. The average Bonchev–Trinajstić information content (AvgIpc) is 2.27. The molecule has 0 aliphatic heterocycles. The molecule has 0 aromatic heterocycles. The van der Waals surface area contributed by atoms with E-state index in [0.29, 0.717) is 19.3 Å². The van der Waals surface area contributed by atoms with Gasteiger partial charge in [-0.05, 0) is 12.8 Å². The van der Waals surface area contributed by atoms with Crippen molar-refractivity contribution in [2.75, 3.05) is 6.61 Å². The first-order chi connectivity index (χ1) is 8.25. The highest BCUT2D eigenvalue weighted by Crippen LogP contribution is 2.40. The van der Waals surface area contributed by atoms with E-state index in [2.05, 4.69) is 0 Å². The lowest BCUT2D eigenvalue weighted by atomic mass is 10.1. The molecule has 0 aromatic rings. The molecule has 0 amide bonds. The maximum Gasteiger partial charge on any atom is 0.371 e. The average molecular weight is 293 g/mol. The van der Waals surface area contributed by atoms with Gasteiger partial charge in [0.05, 0.1) is 0 Å². The van der Waals surface area contributed by atoms with E-state index in [9.17, 15) is 26.3 Å². The van der Waals surface area contributed by atoms with Crippen LogP contribution < -0.4 is 0 Å². The zero-order valence-corrected chi connectivity index (χ0v) is 10.7. The van der Waals surface area contributed by atoms with Gasteiger partial charge in [-0.2, -0.15) is 17.6 Å². The summed E-state index contributed by atoms with van der Waals surface area (Å²) < 4.78 is 71.1. The Morgan fingerprint density at radius 3 is 1.83 bits per heavy atom. The van der Waals surface area contributed by atoms with Crippen LogP contribution in [0.4, 0.5) is 17.6 Å². The second-order valence-electron chi connectivity index (χ2n) is 4.05. The van der Waals surface area contributed by atoms with E-state index in [1.165, 1.54) is 0 Å². The molecule has 0 aliphatic rings. The number of aliphatic hydroxyl groups is 1. The molecule has 3 nitrogen and oxygen atoms in total. The van der Waals surface area contributed by atoms with Crippen LogP contribution in [0.15, 0.2) is 0 Å². The molecule has 0 spiro atoms. The van der Waals surface area contributed by atoms with Crippen molar-refractivity contribution in [1.82, 2.24) is 0 Å². The number of halogens is 4. The lowest BCUT2D eigenvalue weighted by Crippen LogP contribution is -2.43. The Kier molecular flexibility index (Phi) is 7.97. The van der Waals surface area contributed by atoms with E-state index in [1.54, 1.807) is 0 Å². The minimum atomic E-state index is -5.01. The SMILES string of the molecule is O=S([O-])C(F)(F)C(F)(F)CCCCCCCCO. The van der Waals surface area contributed by atoms with E-state index in [1.807, 2.05) is 0 Å². The summed E-state index contributed by atoms with van der Waals surface area (Å²) in [6, 6.07) is 0. The molecule has 0 radical (unpaired) electrons. The minimum absolute atomic E-state index is 0.0691. The van der Waals surface area contributed by atoms with E-state index in [0.717, 1.165) is 12.8 Å². The van der Waals surface area contributed by atoms with Crippen LogP contribution in [0.5, 0.6) is 0 Å². The third-order valence-electron chi connectivity index (χ3n) is 2.53. The highest BCUT2D eigenvalue weighted by Gasteiger charge is 2.56. The summed E-state index contributed by atoms with van der Waals surface area (Å²) in [6.07, 6.45) is 1.75. The summed E-state index contributed by atoms with van der Waals surface area (Å²) in [4.78, 5) is 0. The van der Waals surface area contributed by atoms with Gasteiger partial charge >= 0.3 is 11.2 Å². The standard InChI is InChI=1S/C10H18F4O3S/c11-9(12,10(13,14)18(16)17)7-5-3-1-2-4-6-8-15/h15H,1-8H2,(H,16,17)/p-1. The van der Waals surface area contributed by atoms with Crippen molar-refractivity contribution in [3.05, 3.63) is 0 Å². The second kappa shape index (κ2) is 8.06. The number of alkyl halides is 4. The van der Waals surface area contributed by atoms with Gasteiger partial charge in [0.25, 0.3) is 0 Å². The molecule has 8 heteroatoms. The van der Waals surface area contributed by atoms with Crippen molar-refractivity contribution < 1.29 is 31.4 Å². The van der Waals surface area contributed by atoms with E-state index in [4.69, 9.17) is 5.11 Å². The third kappa shape index (κ3) is 5.62. The Labute approximate surface area is 106 Å². The van der Waals surface area contributed by atoms with Crippen molar-refractivity contribution in [3.63, 3.8) is 0 Å². The number of unbranched alkanes of at least 4 members (excludes halogenated alkanes) is 5. The normalized spacial score (nSPS) is 14.8. The highest BCUT2D eigenvalue weighted by molar-refractivity contribution is 7.80. The van der Waals surface area contributed by atoms with Crippen LogP contribution in [0, 0.1) is 0 Å². The van der Waals surface area contributed by atoms with Crippen molar-refractivity contribution in [3.8, 4) is 0 Å². The van der Waals surface area contributed by atoms with Gasteiger partial charge in [0, 0.05) is 24.1 Å². The summed E-state index contributed by atoms with van der Waals surface area (Å²) >= 11 is -4.12. The Bertz CT molecular complexity index is 262. The first kappa shape index (κ1) is 17.8. The fourth-order valence-corrected chi connectivity index (χ4v) is 1.78. The maximum atomic E-state index is 12.9. The molecule has 0 rings (SSSR count). The van der Waals surface area contributed by atoms with Crippen LogP contribution in [0.25, 0.3) is 0 Å². The highest BCUT2D eigenvalue weighted by atomic mass is 32.2. The van der Waals surface area contributed by atoms with Gasteiger partial charge in [0.15, 0.2) is 0 Å². The zero-order valence-electron chi connectivity index (χ0n) is 9.84. The number of hydrogen-bond acceptors (Lipinski definition) is 3. The molecule has 0 fully saturated rings. The fraction of sp³-hybridized carbons (Fsp3) is 1.00. The molecule has 0 aromatic carbocycles. The molecular weight excluding hydrogens is 276 g/mol. The summed E-state index contributed by atoms with van der Waals surface area (Å²) in [6.45, 7) is 0.0691. The van der Waals surface area contributed by atoms with E-state index < -0.39 is 28.7 Å². The molecule has 18 heavy (non-hydrogen) atoms.